The maximum atomic E-state index is 7.22. The fraction of sp³-hybridized carbons (Fsp3) is 1.00. The summed E-state index contributed by atoms with van der Waals surface area (Å²) in [6, 6.07) is 0. The predicted octanol–water partition coefficient (Wildman–Crippen LogP) is 0.712. The van der Waals surface area contributed by atoms with Crippen LogP contribution in [0.4, 0.5) is 0 Å². The van der Waals surface area contributed by atoms with Crippen LogP contribution in [0, 0.1) is 0 Å². The highest BCUT2D eigenvalue weighted by Crippen LogP contribution is 2.01. The van der Waals surface area contributed by atoms with E-state index in [2.05, 4.69) is 11.9 Å². The Bertz CT molecular complexity index is 57.1. The van der Waals surface area contributed by atoms with Crippen molar-refractivity contribution in [2.45, 2.75) is 12.8 Å². The van der Waals surface area contributed by atoms with E-state index < -0.39 is 0 Å². The van der Waals surface area contributed by atoms with Gasteiger partial charge < -0.3 is 4.90 Å². The van der Waals surface area contributed by atoms with Gasteiger partial charge in [-0.05, 0) is 33.0 Å². The highest BCUT2D eigenvalue weighted by atomic mass is 15.1. The van der Waals surface area contributed by atoms with E-state index in [1.54, 1.807) is 0 Å². The maximum absolute atomic E-state index is 7.22. The molecule has 0 aromatic rings. The zero-order chi connectivity index (χ0) is 5.28. The standard InChI is InChI=1S/C5H11N/c1-6-4-2-3-5-6/h2-5H2,1H3/i2T. The zero-order valence-electron chi connectivity index (χ0n) is 5.15. The number of likely N-dealkylation sites (tertiary alicyclic amines) is 1. The lowest BCUT2D eigenvalue weighted by molar-refractivity contribution is 0.418. The number of hydrogen-bond acceptors (Lipinski definition) is 1. The smallest absolute Gasteiger partial charge is 0.0280 e. The second-order valence-electron chi connectivity index (χ2n) is 1.84. The van der Waals surface area contributed by atoms with Gasteiger partial charge in [-0.3, -0.25) is 0 Å². The Balaban J connectivity index is 2.26. The minimum Gasteiger partial charge on any atom is -0.306 e. The summed E-state index contributed by atoms with van der Waals surface area (Å²) in [6.45, 7) is 2.09. The first kappa shape index (κ1) is 3.03. The van der Waals surface area contributed by atoms with Crippen molar-refractivity contribution in [3.05, 3.63) is 0 Å². The maximum Gasteiger partial charge on any atom is 0.0280 e. The van der Waals surface area contributed by atoms with Crippen molar-refractivity contribution in [2.75, 3.05) is 20.1 Å². The molecule has 1 heterocycles. The molecule has 0 spiro atoms. The Morgan fingerprint density at radius 2 is 2.50 bits per heavy atom. The topological polar surface area (TPSA) is 3.24 Å². The van der Waals surface area contributed by atoms with E-state index in [-0.39, 0.29) is 6.40 Å². The molecule has 0 aliphatic carbocycles. The van der Waals surface area contributed by atoms with Crippen LogP contribution in [0.3, 0.4) is 0 Å². The minimum atomic E-state index is 0.199. The molecule has 1 heteroatoms. The molecule has 1 unspecified atom stereocenters. The van der Waals surface area contributed by atoms with Crippen LogP contribution >= 0.6 is 0 Å². The lowest BCUT2D eigenvalue weighted by atomic mass is 10.4. The van der Waals surface area contributed by atoms with Gasteiger partial charge in [0.05, 0.1) is 0 Å². The average molecular weight is 87.2 g/mol. The molecule has 1 aliphatic rings. The molecular formula is C5H11N. The molecule has 0 aromatic carbocycles. The second kappa shape index (κ2) is 1.61. The third-order valence-electron chi connectivity index (χ3n) is 1.16. The lowest BCUT2D eigenvalue weighted by Gasteiger charge is -2.01. The highest BCUT2D eigenvalue weighted by molar-refractivity contribution is 4.59. The first-order valence-electron chi connectivity index (χ1n) is 2.97. The van der Waals surface area contributed by atoms with E-state index in [9.17, 15) is 0 Å². The summed E-state index contributed by atoms with van der Waals surface area (Å²) in [7, 11) is 2.06. The van der Waals surface area contributed by atoms with Crippen molar-refractivity contribution in [1.29, 1.82) is 0 Å². The molecule has 0 aromatic heterocycles. The summed E-state index contributed by atoms with van der Waals surface area (Å²) in [6.07, 6.45) is 1.27. The molecule has 1 aliphatic heterocycles. The third-order valence-corrected chi connectivity index (χ3v) is 1.16. The molecule has 1 nitrogen and oxygen atoms in total. The summed E-state index contributed by atoms with van der Waals surface area (Å²) in [5.41, 5.74) is 0. The van der Waals surface area contributed by atoms with Crippen molar-refractivity contribution < 1.29 is 1.37 Å². The van der Waals surface area contributed by atoms with E-state index in [0.29, 0.717) is 0 Å². The molecule has 0 radical (unpaired) electrons. The van der Waals surface area contributed by atoms with Crippen LogP contribution < -0.4 is 0 Å². The van der Waals surface area contributed by atoms with Crippen LogP contribution in [-0.4, -0.2) is 25.0 Å². The summed E-state index contributed by atoms with van der Waals surface area (Å²) in [4.78, 5) is 2.19. The van der Waals surface area contributed by atoms with Crippen LogP contribution in [0.15, 0.2) is 0 Å². The number of nitrogens with zero attached hydrogens (tertiary/aromatic N) is 1. The quantitative estimate of drug-likeness (QED) is 0.420. The molecule has 6 heavy (non-hydrogen) atoms. The van der Waals surface area contributed by atoms with E-state index in [0.717, 1.165) is 19.5 Å². The van der Waals surface area contributed by atoms with Gasteiger partial charge in [-0.1, -0.05) is 0 Å². The molecule has 0 saturated carbocycles. The SMILES string of the molecule is [3H]C1CCN(C)C1. The van der Waals surface area contributed by atoms with Crippen molar-refractivity contribution in [2.24, 2.45) is 0 Å². The second-order valence-corrected chi connectivity index (χ2v) is 1.84. The molecule has 36 valence electrons. The Labute approximate surface area is 40.4 Å². The van der Waals surface area contributed by atoms with Crippen molar-refractivity contribution >= 4 is 0 Å². The minimum absolute atomic E-state index is 0.199. The van der Waals surface area contributed by atoms with Gasteiger partial charge in [0, 0.05) is 1.37 Å². The van der Waals surface area contributed by atoms with Gasteiger partial charge in [-0.15, -0.1) is 0 Å². The molecular weight excluding hydrogens is 74.1 g/mol. The predicted molar refractivity (Wildman–Crippen MR) is 26.7 cm³/mol. The van der Waals surface area contributed by atoms with E-state index >= 15 is 0 Å². The Morgan fingerprint density at radius 1 is 1.67 bits per heavy atom. The van der Waals surface area contributed by atoms with Gasteiger partial charge in [0.2, 0.25) is 0 Å². The summed E-state index contributed by atoms with van der Waals surface area (Å²) >= 11 is 0. The number of rotatable bonds is 0. The van der Waals surface area contributed by atoms with Crippen molar-refractivity contribution in [3.63, 3.8) is 0 Å². The lowest BCUT2D eigenvalue weighted by Crippen LogP contribution is -2.10. The first-order chi connectivity index (χ1) is 3.29. The average Bonchev–Trinajstić information content (AvgIpc) is 1.87. The van der Waals surface area contributed by atoms with Gasteiger partial charge >= 0.3 is 0 Å². The van der Waals surface area contributed by atoms with Gasteiger partial charge in [-0.2, -0.15) is 0 Å². The van der Waals surface area contributed by atoms with Crippen LogP contribution in [0.1, 0.15) is 14.2 Å². The normalized spacial score (nSPS) is 40.2. The van der Waals surface area contributed by atoms with E-state index in [4.69, 9.17) is 1.37 Å². The van der Waals surface area contributed by atoms with Crippen LogP contribution in [0.5, 0.6) is 0 Å². The molecule has 0 amide bonds. The fourth-order valence-electron chi connectivity index (χ4n) is 0.715. The molecule has 1 atom stereocenters. The van der Waals surface area contributed by atoms with Crippen LogP contribution in [0.2, 0.25) is 0 Å². The summed E-state index contributed by atoms with van der Waals surface area (Å²) in [5, 5.41) is 0. The number of hydrogen-bond donors (Lipinski definition) is 0. The zero-order valence-corrected chi connectivity index (χ0v) is 4.15. The summed E-state index contributed by atoms with van der Waals surface area (Å²) in [5.74, 6) is 0. The fourth-order valence-corrected chi connectivity index (χ4v) is 0.715. The third kappa shape index (κ3) is 0.716. The Hall–Kier alpha value is -0.0400. The Kier molecular flexibility index (Phi) is 0.810. The van der Waals surface area contributed by atoms with Gasteiger partial charge in [0.15, 0.2) is 0 Å². The molecule has 0 bridgehead atoms. The van der Waals surface area contributed by atoms with Crippen molar-refractivity contribution in [1.82, 2.24) is 4.90 Å². The Morgan fingerprint density at radius 3 is 2.67 bits per heavy atom. The first-order valence-corrected chi connectivity index (χ1v) is 2.40. The highest BCUT2D eigenvalue weighted by Gasteiger charge is 2.03. The molecule has 1 rings (SSSR count). The van der Waals surface area contributed by atoms with Crippen LogP contribution in [-0.2, 0) is 0 Å². The van der Waals surface area contributed by atoms with E-state index in [1.165, 1.54) is 0 Å². The van der Waals surface area contributed by atoms with Gasteiger partial charge in [-0.25, -0.2) is 0 Å². The monoisotopic (exact) mass is 87.1 g/mol. The molecule has 1 fully saturated rings. The summed E-state index contributed by atoms with van der Waals surface area (Å²) < 4.78 is 7.22. The molecule has 0 N–H and O–H groups in total. The molecule has 1 saturated heterocycles. The van der Waals surface area contributed by atoms with E-state index in [1.807, 2.05) is 0 Å². The van der Waals surface area contributed by atoms with Gasteiger partial charge in [0.1, 0.15) is 0 Å². The van der Waals surface area contributed by atoms with Crippen LogP contribution in [0.25, 0.3) is 0 Å². The van der Waals surface area contributed by atoms with Crippen molar-refractivity contribution in [3.8, 4) is 0 Å². The largest absolute Gasteiger partial charge is 0.306 e. The van der Waals surface area contributed by atoms with Gasteiger partial charge in [0.25, 0.3) is 0 Å².